The molecule has 21 heavy (non-hydrogen) atoms. The van der Waals surface area contributed by atoms with E-state index in [0.717, 1.165) is 17.9 Å². The lowest BCUT2D eigenvalue weighted by molar-refractivity contribution is 0.248. The number of nitrogens with one attached hydrogen (secondary N) is 1. The van der Waals surface area contributed by atoms with Crippen LogP contribution in [0.4, 0.5) is 0 Å². The van der Waals surface area contributed by atoms with Crippen LogP contribution < -0.4 is 5.32 Å². The van der Waals surface area contributed by atoms with Gasteiger partial charge in [-0.2, -0.15) is 4.98 Å². The quantitative estimate of drug-likeness (QED) is 0.935. The van der Waals surface area contributed by atoms with Crippen molar-refractivity contribution in [1.29, 1.82) is 0 Å². The molecule has 0 bridgehead atoms. The molecule has 1 aliphatic rings. The fraction of sp³-hybridized carbons (Fsp3) is 0.500. The Morgan fingerprint density at radius 3 is 2.76 bits per heavy atom. The predicted octanol–water partition coefficient (Wildman–Crippen LogP) is 3.71. The number of hydrogen-bond donors (Lipinski definition) is 1. The van der Waals surface area contributed by atoms with Gasteiger partial charge in [-0.15, -0.1) is 0 Å². The van der Waals surface area contributed by atoms with Gasteiger partial charge in [0.15, 0.2) is 0 Å². The Hall–Kier alpha value is -1.39. The van der Waals surface area contributed by atoms with E-state index in [-0.39, 0.29) is 0 Å². The zero-order valence-corrected chi connectivity index (χ0v) is 12.9. The number of hydrogen-bond acceptors (Lipinski definition) is 4. The largest absolute Gasteiger partial charge is 0.339 e. The average molecular weight is 306 g/mol. The van der Waals surface area contributed by atoms with E-state index < -0.39 is 0 Å². The molecule has 1 aromatic heterocycles. The summed E-state index contributed by atoms with van der Waals surface area (Å²) in [6.07, 6.45) is 5.92. The van der Waals surface area contributed by atoms with Crippen LogP contribution in [0.25, 0.3) is 11.4 Å². The fourth-order valence-corrected chi connectivity index (χ4v) is 3.24. The number of aromatic nitrogens is 2. The molecule has 112 valence electrons. The van der Waals surface area contributed by atoms with Gasteiger partial charge in [0.05, 0.1) is 0 Å². The first-order valence-electron chi connectivity index (χ1n) is 7.52. The maximum atomic E-state index is 5.89. The molecular weight excluding hydrogens is 286 g/mol. The Bertz CT molecular complexity index is 581. The highest BCUT2D eigenvalue weighted by atomic mass is 35.5. The van der Waals surface area contributed by atoms with Gasteiger partial charge in [0, 0.05) is 23.0 Å². The molecule has 0 radical (unpaired) electrons. The number of rotatable bonds is 4. The molecule has 1 saturated carbocycles. The molecule has 0 amide bonds. The second-order valence-electron chi connectivity index (χ2n) is 5.66. The van der Waals surface area contributed by atoms with Gasteiger partial charge in [-0.3, -0.25) is 0 Å². The Morgan fingerprint density at radius 1 is 1.24 bits per heavy atom. The van der Waals surface area contributed by atoms with Crippen LogP contribution in [0.2, 0.25) is 5.02 Å². The Balaban J connectivity index is 1.71. The van der Waals surface area contributed by atoms with Crippen molar-refractivity contribution in [3.63, 3.8) is 0 Å². The molecule has 0 aliphatic heterocycles. The number of benzene rings is 1. The lowest BCUT2D eigenvalue weighted by Crippen LogP contribution is -2.37. The minimum absolute atomic E-state index is 0.560. The summed E-state index contributed by atoms with van der Waals surface area (Å²) in [5, 5.41) is 8.21. The molecule has 3 rings (SSSR count). The fourth-order valence-electron chi connectivity index (χ4n) is 3.11. The highest BCUT2D eigenvalue weighted by Gasteiger charge is 2.26. The van der Waals surface area contributed by atoms with Crippen molar-refractivity contribution in [2.24, 2.45) is 5.92 Å². The first-order chi connectivity index (χ1) is 10.3. The van der Waals surface area contributed by atoms with Gasteiger partial charge in [-0.25, -0.2) is 0 Å². The van der Waals surface area contributed by atoms with Crippen molar-refractivity contribution in [2.75, 3.05) is 7.05 Å². The summed E-state index contributed by atoms with van der Waals surface area (Å²) >= 11 is 5.89. The molecule has 2 unspecified atom stereocenters. The Labute approximate surface area is 129 Å². The Kier molecular flexibility index (Phi) is 4.56. The van der Waals surface area contributed by atoms with Gasteiger partial charge in [-0.05, 0) is 50.1 Å². The van der Waals surface area contributed by atoms with E-state index in [2.05, 4.69) is 15.5 Å². The van der Waals surface area contributed by atoms with Crippen LogP contribution >= 0.6 is 11.6 Å². The molecule has 1 aromatic carbocycles. The average Bonchev–Trinajstić information content (AvgIpc) is 2.97. The van der Waals surface area contributed by atoms with Crippen molar-refractivity contribution >= 4 is 11.6 Å². The van der Waals surface area contributed by atoms with E-state index in [4.69, 9.17) is 16.1 Å². The lowest BCUT2D eigenvalue weighted by atomic mass is 9.82. The standard InChI is InChI=1S/C16H20ClN3O/c1-18-14-5-3-2-4-12(14)10-15-19-16(20-21-15)11-6-8-13(17)9-7-11/h6-9,12,14,18H,2-5,10H2,1H3. The van der Waals surface area contributed by atoms with Crippen molar-refractivity contribution in [1.82, 2.24) is 15.5 Å². The molecule has 1 N–H and O–H groups in total. The van der Waals surface area contributed by atoms with E-state index in [1.54, 1.807) is 0 Å². The third kappa shape index (κ3) is 3.44. The zero-order valence-electron chi connectivity index (χ0n) is 12.2. The van der Waals surface area contributed by atoms with Crippen LogP contribution in [0, 0.1) is 5.92 Å². The SMILES string of the molecule is CNC1CCCCC1Cc1nc(-c2ccc(Cl)cc2)no1. The predicted molar refractivity (Wildman–Crippen MR) is 83.3 cm³/mol. The minimum atomic E-state index is 0.560. The van der Waals surface area contributed by atoms with Crippen LogP contribution in [0.5, 0.6) is 0 Å². The van der Waals surface area contributed by atoms with Crippen LogP contribution in [0.3, 0.4) is 0 Å². The maximum Gasteiger partial charge on any atom is 0.227 e. The summed E-state index contributed by atoms with van der Waals surface area (Å²) in [5.74, 6) is 1.95. The molecular formula is C16H20ClN3O. The smallest absolute Gasteiger partial charge is 0.227 e. The van der Waals surface area contributed by atoms with Crippen molar-refractivity contribution in [3.8, 4) is 11.4 Å². The maximum absolute atomic E-state index is 5.89. The highest BCUT2D eigenvalue weighted by molar-refractivity contribution is 6.30. The van der Waals surface area contributed by atoms with Crippen LogP contribution in [-0.4, -0.2) is 23.2 Å². The molecule has 2 atom stereocenters. The van der Waals surface area contributed by atoms with Gasteiger partial charge in [0.1, 0.15) is 0 Å². The number of nitrogens with zero attached hydrogens (tertiary/aromatic N) is 2. The molecule has 2 aromatic rings. The number of halogens is 1. The van der Waals surface area contributed by atoms with Crippen molar-refractivity contribution in [3.05, 3.63) is 35.2 Å². The molecule has 1 aliphatic carbocycles. The van der Waals surface area contributed by atoms with E-state index >= 15 is 0 Å². The molecule has 0 spiro atoms. The summed E-state index contributed by atoms with van der Waals surface area (Å²) in [7, 11) is 2.04. The van der Waals surface area contributed by atoms with Crippen LogP contribution in [-0.2, 0) is 6.42 Å². The third-order valence-electron chi connectivity index (χ3n) is 4.29. The molecule has 0 saturated heterocycles. The van der Waals surface area contributed by atoms with E-state index in [0.29, 0.717) is 22.8 Å². The van der Waals surface area contributed by atoms with Crippen LogP contribution in [0.15, 0.2) is 28.8 Å². The summed E-state index contributed by atoms with van der Waals surface area (Å²) in [5.41, 5.74) is 0.934. The minimum Gasteiger partial charge on any atom is -0.339 e. The first-order valence-corrected chi connectivity index (χ1v) is 7.90. The normalized spacial score (nSPS) is 22.4. The van der Waals surface area contributed by atoms with Gasteiger partial charge in [0.25, 0.3) is 0 Å². The monoisotopic (exact) mass is 305 g/mol. The van der Waals surface area contributed by atoms with Gasteiger partial charge >= 0.3 is 0 Å². The first kappa shape index (κ1) is 14.5. The van der Waals surface area contributed by atoms with Crippen molar-refractivity contribution < 1.29 is 4.52 Å². The van der Waals surface area contributed by atoms with Crippen LogP contribution in [0.1, 0.15) is 31.6 Å². The van der Waals surface area contributed by atoms with Gasteiger partial charge < -0.3 is 9.84 Å². The van der Waals surface area contributed by atoms with Gasteiger partial charge in [0.2, 0.25) is 11.7 Å². The van der Waals surface area contributed by atoms with E-state index in [9.17, 15) is 0 Å². The van der Waals surface area contributed by atoms with E-state index in [1.165, 1.54) is 25.7 Å². The summed E-state index contributed by atoms with van der Waals surface area (Å²) in [6, 6.07) is 8.06. The molecule has 1 heterocycles. The third-order valence-corrected chi connectivity index (χ3v) is 4.54. The topological polar surface area (TPSA) is 51.0 Å². The zero-order chi connectivity index (χ0) is 14.7. The molecule has 5 heteroatoms. The highest BCUT2D eigenvalue weighted by Crippen LogP contribution is 2.27. The summed E-state index contributed by atoms with van der Waals surface area (Å²) < 4.78 is 5.42. The summed E-state index contributed by atoms with van der Waals surface area (Å²) in [6.45, 7) is 0. The Morgan fingerprint density at radius 2 is 2.00 bits per heavy atom. The second-order valence-corrected chi connectivity index (χ2v) is 6.10. The lowest BCUT2D eigenvalue weighted by Gasteiger charge is -2.30. The molecule has 1 fully saturated rings. The molecule has 4 nitrogen and oxygen atoms in total. The van der Waals surface area contributed by atoms with Gasteiger partial charge in [-0.1, -0.05) is 29.6 Å². The van der Waals surface area contributed by atoms with Crippen molar-refractivity contribution in [2.45, 2.75) is 38.1 Å². The van der Waals surface area contributed by atoms with E-state index in [1.807, 2.05) is 31.3 Å². The summed E-state index contributed by atoms with van der Waals surface area (Å²) in [4.78, 5) is 4.52. The second kappa shape index (κ2) is 6.58.